The fourth-order valence-corrected chi connectivity index (χ4v) is 1.54. The maximum absolute atomic E-state index is 11.5. The molecule has 0 aromatic carbocycles. The molecular formula is C13H20N4O3. The van der Waals surface area contributed by atoms with Crippen LogP contribution in [0.5, 0.6) is 0 Å². The Balaban J connectivity index is 2.30. The van der Waals surface area contributed by atoms with Gasteiger partial charge in [-0.15, -0.1) is 0 Å². The first-order valence-electron chi connectivity index (χ1n) is 6.33. The molecule has 0 bridgehead atoms. The summed E-state index contributed by atoms with van der Waals surface area (Å²) in [6.45, 7) is 1.69. The van der Waals surface area contributed by atoms with Crippen LogP contribution in [-0.2, 0) is 6.54 Å². The van der Waals surface area contributed by atoms with Crippen LogP contribution >= 0.6 is 0 Å². The van der Waals surface area contributed by atoms with Gasteiger partial charge in [-0.3, -0.25) is 4.98 Å². The van der Waals surface area contributed by atoms with Crippen molar-refractivity contribution < 1.29 is 14.7 Å². The molecule has 7 heteroatoms. The van der Waals surface area contributed by atoms with Crippen molar-refractivity contribution in [1.82, 2.24) is 20.5 Å². The number of amides is 2. The highest BCUT2D eigenvalue weighted by Gasteiger charge is 2.05. The summed E-state index contributed by atoms with van der Waals surface area (Å²) in [4.78, 5) is 28.3. The topological polar surface area (TPSA) is 94.6 Å². The molecule has 0 aliphatic heterocycles. The molecule has 0 aliphatic rings. The number of nitrogens with zero attached hydrogens (tertiary/aromatic N) is 2. The monoisotopic (exact) mass is 280 g/mol. The molecule has 0 aliphatic carbocycles. The second-order valence-electron chi connectivity index (χ2n) is 4.61. The normalized spacial score (nSPS) is 10.3. The summed E-state index contributed by atoms with van der Waals surface area (Å²) in [5.41, 5.74) is 0.663. The van der Waals surface area contributed by atoms with Crippen LogP contribution in [0.3, 0.4) is 0 Å². The Kier molecular flexibility index (Phi) is 6.45. The standard InChI is InChI=1S/C13H20N4O3/c1-17(2)7-3-5-15-13(20)16-9-11-8-10(12(18)19)4-6-14-11/h4,6,8H,3,5,7,9H2,1-2H3,(H,18,19)(H2,15,16,20). The molecule has 20 heavy (non-hydrogen) atoms. The molecule has 0 saturated heterocycles. The maximum Gasteiger partial charge on any atom is 0.335 e. The largest absolute Gasteiger partial charge is 0.478 e. The third-order valence-corrected chi connectivity index (χ3v) is 2.56. The number of pyridine rings is 1. The zero-order chi connectivity index (χ0) is 15.0. The van der Waals surface area contributed by atoms with Crippen LogP contribution in [0, 0.1) is 0 Å². The first-order chi connectivity index (χ1) is 9.49. The average molecular weight is 280 g/mol. The van der Waals surface area contributed by atoms with Gasteiger partial charge < -0.3 is 20.6 Å². The molecule has 7 nitrogen and oxygen atoms in total. The van der Waals surface area contributed by atoms with Gasteiger partial charge in [0, 0.05) is 12.7 Å². The predicted molar refractivity (Wildman–Crippen MR) is 74.6 cm³/mol. The number of carbonyl (C=O) groups excluding carboxylic acids is 1. The molecule has 0 spiro atoms. The smallest absolute Gasteiger partial charge is 0.335 e. The predicted octanol–water partition coefficient (Wildman–Crippen LogP) is 0.531. The lowest BCUT2D eigenvalue weighted by molar-refractivity contribution is 0.0696. The summed E-state index contributed by atoms with van der Waals surface area (Å²) in [7, 11) is 3.95. The van der Waals surface area contributed by atoms with Gasteiger partial charge in [0.25, 0.3) is 0 Å². The van der Waals surface area contributed by atoms with Crippen LogP contribution in [0.2, 0.25) is 0 Å². The molecule has 1 aromatic heterocycles. The van der Waals surface area contributed by atoms with E-state index in [9.17, 15) is 9.59 Å². The van der Waals surface area contributed by atoms with Crippen molar-refractivity contribution in [3.05, 3.63) is 29.6 Å². The Morgan fingerprint density at radius 1 is 1.35 bits per heavy atom. The average Bonchev–Trinajstić information content (AvgIpc) is 2.41. The lowest BCUT2D eigenvalue weighted by Crippen LogP contribution is -2.36. The van der Waals surface area contributed by atoms with Gasteiger partial charge >= 0.3 is 12.0 Å². The van der Waals surface area contributed by atoms with Crippen molar-refractivity contribution in [1.29, 1.82) is 0 Å². The third kappa shape index (κ3) is 6.14. The number of carboxylic acid groups (broad SMARTS) is 1. The Labute approximate surface area is 118 Å². The highest BCUT2D eigenvalue weighted by molar-refractivity contribution is 5.87. The van der Waals surface area contributed by atoms with E-state index < -0.39 is 5.97 Å². The molecule has 0 atom stereocenters. The van der Waals surface area contributed by atoms with Gasteiger partial charge in [-0.2, -0.15) is 0 Å². The van der Waals surface area contributed by atoms with Crippen molar-refractivity contribution in [2.24, 2.45) is 0 Å². The molecule has 1 rings (SSSR count). The van der Waals surface area contributed by atoms with E-state index in [1.165, 1.54) is 18.3 Å². The van der Waals surface area contributed by atoms with E-state index in [2.05, 4.69) is 15.6 Å². The van der Waals surface area contributed by atoms with Crippen LogP contribution in [0.25, 0.3) is 0 Å². The highest BCUT2D eigenvalue weighted by atomic mass is 16.4. The molecule has 0 saturated carbocycles. The summed E-state index contributed by atoms with van der Waals surface area (Å²) in [6.07, 6.45) is 2.28. The zero-order valence-corrected chi connectivity index (χ0v) is 11.7. The van der Waals surface area contributed by atoms with E-state index in [0.717, 1.165) is 13.0 Å². The second-order valence-corrected chi connectivity index (χ2v) is 4.61. The molecular weight excluding hydrogens is 260 g/mol. The van der Waals surface area contributed by atoms with E-state index in [0.29, 0.717) is 12.2 Å². The Morgan fingerprint density at radius 3 is 2.75 bits per heavy atom. The van der Waals surface area contributed by atoms with Crippen LogP contribution < -0.4 is 10.6 Å². The SMILES string of the molecule is CN(C)CCCNC(=O)NCc1cc(C(=O)O)ccn1. The van der Waals surface area contributed by atoms with Crippen LogP contribution in [0.1, 0.15) is 22.5 Å². The number of urea groups is 1. The third-order valence-electron chi connectivity index (χ3n) is 2.56. The van der Waals surface area contributed by atoms with E-state index in [4.69, 9.17) is 5.11 Å². The second kappa shape index (κ2) is 8.11. The molecule has 0 radical (unpaired) electrons. The van der Waals surface area contributed by atoms with Crippen molar-refractivity contribution in [3.63, 3.8) is 0 Å². The summed E-state index contributed by atoms with van der Waals surface area (Å²) < 4.78 is 0. The maximum atomic E-state index is 11.5. The fourth-order valence-electron chi connectivity index (χ4n) is 1.54. The Bertz CT molecular complexity index is 463. The number of hydrogen-bond acceptors (Lipinski definition) is 4. The number of carboxylic acids is 1. The van der Waals surface area contributed by atoms with Gasteiger partial charge in [-0.1, -0.05) is 0 Å². The number of nitrogens with one attached hydrogen (secondary N) is 2. The van der Waals surface area contributed by atoms with E-state index in [1.807, 2.05) is 19.0 Å². The number of carbonyl (C=O) groups is 2. The van der Waals surface area contributed by atoms with Gasteiger partial charge in [-0.25, -0.2) is 9.59 Å². The minimum atomic E-state index is -1.01. The Hall–Kier alpha value is -2.15. The van der Waals surface area contributed by atoms with Gasteiger partial charge in [0.1, 0.15) is 0 Å². The molecule has 2 amide bonds. The van der Waals surface area contributed by atoms with Crippen molar-refractivity contribution in [2.45, 2.75) is 13.0 Å². The summed E-state index contributed by atoms with van der Waals surface area (Å²) >= 11 is 0. The van der Waals surface area contributed by atoms with Gasteiger partial charge in [0.2, 0.25) is 0 Å². The first kappa shape index (κ1) is 15.9. The molecule has 1 aromatic rings. The highest BCUT2D eigenvalue weighted by Crippen LogP contribution is 2.01. The van der Waals surface area contributed by atoms with Crippen molar-refractivity contribution in [3.8, 4) is 0 Å². The molecule has 1 heterocycles. The van der Waals surface area contributed by atoms with Crippen molar-refractivity contribution >= 4 is 12.0 Å². The van der Waals surface area contributed by atoms with E-state index in [1.54, 1.807) is 0 Å². The fraction of sp³-hybridized carbons (Fsp3) is 0.462. The quantitative estimate of drug-likeness (QED) is 0.633. The van der Waals surface area contributed by atoms with E-state index >= 15 is 0 Å². The number of rotatable bonds is 7. The summed E-state index contributed by atoms with van der Waals surface area (Å²) in [5.74, 6) is -1.01. The van der Waals surface area contributed by atoms with Gasteiger partial charge in [-0.05, 0) is 39.2 Å². The van der Waals surface area contributed by atoms with Crippen molar-refractivity contribution in [2.75, 3.05) is 27.2 Å². The molecule has 0 unspecified atom stereocenters. The molecule has 0 fully saturated rings. The number of aromatic nitrogens is 1. The summed E-state index contributed by atoms with van der Waals surface area (Å²) in [5, 5.41) is 14.2. The van der Waals surface area contributed by atoms with E-state index in [-0.39, 0.29) is 18.1 Å². The lowest BCUT2D eigenvalue weighted by atomic mass is 10.2. The minimum Gasteiger partial charge on any atom is -0.478 e. The molecule has 110 valence electrons. The van der Waals surface area contributed by atoms with Crippen LogP contribution in [0.15, 0.2) is 18.3 Å². The zero-order valence-electron chi connectivity index (χ0n) is 11.7. The van der Waals surface area contributed by atoms with Gasteiger partial charge in [0.15, 0.2) is 0 Å². The first-order valence-corrected chi connectivity index (χ1v) is 6.33. The molecule has 3 N–H and O–H groups in total. The number of aromatic carboxylic acids is 1. The summed E-state index contributed by atoms with van der Waals surface area (Å²) in [6, 6.07) is 2.56. The van der Waals surface area contributed by atoms with Gasteiger partial charge in [0.05, 0.1) is 17.8 Å². The lowest BCUT2D eigenvalue weighted by Gasteiger charge is -2.10. The van der Waals surface area contributed by atoms with Crippen LogP contribution in [0.4, 0.5) is 4.79 Å². The minimum absolute atomic E-state index is 0.156. The Morgan fingerprint density at radius 2 is 2.10 bits per heavy atom. The van der Waals surface area contributed by atoms with Crippen LogP contribution in [-0.4, -0.2) is 54.2 Å². The number of hydrogen-bond donors (Lipinski definition) is 3.